The number of ketones is 1. The van der Waals surface area contributed by atoms with E-state index in [1.807, 2.05) is 0 Å². The zero-order valence-corrected chi connectivity index (χ0v) is 34.2. The molecule has 6 bridgehead atoms. The van der Waals surface area contributed by atoms with Crippen LogP contribution in [0.4, 0.5) is 0 Å². The number of carbonyl (C=O) groups excluding carboxylic acids is 5. The van der Waals surface area contributed by atoms with Crippen LogP contribution in [-0.2, 0) is 57.1 Å². The first-order chi connectivity index (χ1) is 25.9. The number of ether oxygens (including phenoxy) is 7. The summed E-state index contributed by atoms with van der Waals surface area (Å²) in [6, 6.07) is 0. The molecule has 0 aliphatic carbocycles. The Hall–Kier alpha value is -2.95. The first-order valence-corrected chi connectivity index (χ1v) is 19.9. The van der Waals surface area contributed by atoms with Crippen LogP contribution in [0.2, 0.25) is 0 Å². The Morgan fingerprint density at radius 2 is 1.57 bits per heavy atom. The summed E-state index contributed by atoms with van der Waals surface area (Å²) >= 11 is 0. The monoisotopic (exact) mass is 794 g/mol. The highest BCUT2D eigenvalue weighted by Crippen LogP contribution is 2.51. The SMILES string of the molecule is COC(=O)C[C@H]1CC2C[C@]3(O)O[C@H](C[C@@H](O)CC(=O)OC(C)[C@H](O)C[C@@H]4CC5CC(=O)O[C@@]5(O4)C(=O)C(C)(C)/C=C\[C@@H](C1)O2)C[C@H](OC(=O)C(C)(C)C)C3(C)C. The van der Waals surface area contributed by atoms with Gasteiger partial charge < -0.3 is 48.5 Å². The highest BCUT2D eigenvalue weighted by molar-refractivity contribution is 5.96. The van der Waals surface area contributed by atoms with E-state index in [-0.39, 0.29) is 50.9 Å². The number of Topliss-reactive ketones (excluding diaryl/α,β-unsaturated/α-hetero) is 1. The predicted molar refractivity (Wildman–Crippen MR) is 196 cm³/mol. The van der Waals surface area contributed by atoms with Crippen molar-refractivity contribution in [3.63, 3.8) is 0 Å². The molecular formula is C41H62O15. The minimum absolute atomic E-state index is 0.0197. The Morgan fingerprint density at radius 1 is 0.893 bits per heavy atom. The van der Waals surface area contributed by atoms with Gasteiger partial charge in [0.05, 0.1) is 67.4 Å². The number of hydrogen-bond acceptors (Lipinski definition) is 15. The van der Waals surface area contributed by atoms with E-state index in [1.54, 1.807) is 60.6 Å². The van der Waals surface area contributed by atoms with E-state index < -0.39 is 119 Å². The molecule has 5 aliphatic rings. The van der Waals surface area contributed by atoms with Crippen molar-refractivity contribution in [3.05, 3.63) is 12.2 Å². The number of aliphatic hydroxyl groups excluding tert-OH is 2. The lowest BCUT2D eigenvalue weighted by molar-refractivity contribution is -0.350. The fourth-order valence-electron chi connectivity index (χ4n) is 8.70. The van der Waals surface area contributed by atoms with E-state index in [2.05, 4.69) is 0 Å². The molecule has 0 amide bonds. The second kappa shape index (κ2) is 16.4. The van der Waals surface area contributed by atoms with Crippen molar-refractivity contribution in [2.45, 2.75) is 180 Å². The number of allylic oxidation sites excluding steroid dienone is 1. The average Bonchev–Trinajstić information content (AvgIpc) is 3.56. The molecule has 15 nitrogen and oxygen atoms in total. The lowest BCUT2D eigenvalue weighted by Gasteiger charge is -2.54. The van der Waals surface area contributed by atoms with Crippen molar-refractivity contribution in [1.29, 1.82) is 0 Å². The van der Waals surface area contributed by atoms with Gasteiger partial charge in [-0.05, 0) is 66.7 Å². The predicted octanol–water partition coefficient (Wildman–Crippen LogP) is 3.60. The van der Waals surface area contributed by atoms with Crippen molar-refractivity contribution in [2.24, 2.45) is 28.1 Å². The van der Waals surface area contributed by atoms with Gasteiger partial charge in [-0.2, -0.15) is 0 Å². The number of esters is 4. The molecule has 5 heterocycles. The van der Waals surface area contributed by atoms with Gasteiger partial charge in [-0.25, -0.2) is 0 Å². The zero-order valence-electron chi connectivity index (χ0n) is 34.2. The smallest absolute Gasteiger partial charge is 0.311 e. The zero-order chi connectivity index (χ0) is 41.6. The van der Waals surface area contributed by atoms with Gasteiger partial charge in [0.25, 0.3) is 5.79 Å². The van der Waals surface area contributed by atoms with E-state index in [0.29, 0.717) is 12.8 Å². The maximum atomic E-state index is 14.4. The molecule has 0 aromatic rings. The summed E-state index contributed by atoms with van der Waals surface area (Å²) in [4.78, 5) is 65.7. The minimum atomic E-state index is -1.99. The fourth-order valence-corrected chi connectivity index (χ4v) is 8.70. The minimum Gasteiger partial charge on any atom is -0.469 e. The highest BCUT2D eigenvalue weighted by atomic mass is 16.7. The Morgan fingerprint density at radius 3 is 2.23 bits per heavy atom. The molecule has 316 valence electrons. The molecule has 56 heavy (non-hydrogen) atoms. The second-order valence-electron chi connectivity index (χ2n) is 18.8. The molecule has 5 rings (SSSR count). The number of cyclic esters (lactones) is 1. The van der Waals surface area contributed by atoms with E-state index in [4.69, 9.17) is 33.2 Å². The first-order valence-electron chi connectivity index (χ1n) is 19.9. The van der Waals surface area contributed by atoms with Gasteiger partial charge in [0.2, 0.25) is 5.78 Å². The topological polar surface area (TPSA) is 211 Å². The van der Waals surface area contributed by atoms with Crippen LogP contribution in [0.3, 0.4) is 0 Å². The molecule has 12 atom stereocenters. The number of carbonyl (C=O) groups is 5. The van der Waals surface area contributed by atoms with Crippen LogP contribution in [0.1, 0.15) is 120 Å². The third-order valence-electron chi connectivity index (χ3n) is 12.3. The van der Waals surface area contributed by atoms with Crippen molar-refractivity contribution >= 4 is 29.7 Å². The Balaban J connectivity index is 1.52. The summed E-state index contributed by atoms with van der Waals surface area (Å²) in [5.41, 5.74) is -3.31. The second-order valence-corrected chi connectivity index (χ2v) is 18.8. The van der Waals surface area contributed by atoms with E-state index >= 15 is 0 Å². The summed E-state index contributed by atoms with van der Waals surface area (Å²) in [5, 5.41) is 34.7. The molecule has 0 radical (unpaired) electrons. The number of fused-ring (bicyclic) bond motifs is 5. The van der Waals surface area contributed by atoms with E-state index in [0.717, 1.165) is 0 Å². The van der Waals surface area contributed by atoms with Crippen LogP contribution < -0.4 is 0 Å². The highest BCUT2D eigenvalue weighted by Gasteiger charge is 2.64. The van der Waals surface area contributed by atoms with Crippen LogP contribution in [-0.4, -0.2) is 112 Å². The molecule has 3 N–H and O–H groups in total. The molecule has 5 aliphatic heterocycles. The average molecular weight is 795 g/mol. The quantitative estimate of drug-likeness (QED) is 0.212. The van der Waals surface area contributed by atoms with Crippen molar-refractivity contribution < 1.29 is 72.5 Å². The number of rotatable bonds is 3. The normalized spacial score (nSPS) is 41.2. The van der Waals surface area contributed by atoms with Gasteiger partial charge >= 0.3 is 23.9 Å². The van der Waals surface area contributed by atoms with Gasteiger partial charge in [0, 0.05) is 43.4 Å². The van der Waals surface area contributed by atoms with Crippen molar-refractivity contribution in [2.75, 3.05) is 7.11 Å². The Bertz CT molecular complexity index is 1530. The summed E-state index contributed by atoms with van der Waals surface area (Å²) in [6.45, 7) is 13.5. The van der Waals surface area contributed by atoms with Crippen LogP contribution in [0.15, 0.2) is 12.2 Å². The largest absolute Gasteiger partial charge is 0.469 e. The summed E-state index contributed by atoms with van der Waals surface area (Å²) in [5.74, 6) is -7.48. The molecular weight excluding hydrogens is 732 g/mol. The summed E-state index contributed by atoms with van der Waals surface area (Å²) < 4.78 is 41.4. The number of aliphatic hydroxyl groups is 3. The molecule has 4 saturated heterocycles. The van der Waals surface area contributed by atoms with Crippen LogP contribution >= 0.6 is 0 Å². The van der Waals surface area contributed by atoms with Crippen molar-refractivity contribution in [1.82, 2.24) is 0 Å². The molecule has 0 saturated carbocycles. The van der Waals surface area contributed by atoms with E-state index in [9.17, 15) is 39.3 Å². The Labute approximate surface area is 329 Å². The molecule has 3 unspecified atom stereocenters. The maximum Gasteiger partial charge on any atom is 0.311 e. The van der Waals surface area contributed by atoms with Gasteiger partial charge in [0.1, 0.15) is 12.2 Å². The third-order valence-corrected chi connectivity index (χ3v) is 12.3. The van der Waals surface area contributed by atoms with Crippen LogP contribution in [0, 0.1) is 28.1 Å². The molecule has 1 spiro atoms. The third kappa shape index (κ3) is 9.50. The van der Waals surface area contributed by atoms with E-state index in [1.165, 1.54) is 14.0 Å². The molecule has 0 aromatic heterocycles. The van der Waals surface area contributed by atoms with Crippen LogP contribution in [0.25, 0.3) is 0 Å². The van der Waals surface area contributed by atoms with Gasteiger partial charge in [-0.15, -0.1) is 0 Å². The maximum absolute atomic E-state index is 14.4. The van der Waals surface area contributed by atoms with Crippen molar-refractivity contribution in [3.8, 4) is 0 Å². The van der Waals surface area contributed by atoms with Crippen LogP contribution in [0.5, 0.6) is 0 Å². The molecule has 0 aromatic carbocycles. The standard InChI is InChI=1S/C41H62O15/c1-22-30(43)19-27-15-24-16-34(46)56-41(24,55-27)35(47)38(5,6)11-10-26-12-23(14-32(44)50-9)13-29(52-26)21-40(49)39(7,8)31(53-36(48)37(2,3)4)20-28(54-40)17-25(42)18-33(45)51-22/h10-11,22-31,42-43,49H,12-21H2,1-9H3/b11-10-/t22?,23-,24?,25-,26+,27+,28-,29?,30-,31+,40+,41-/m1/s1. The number of methoxy groups -OCH3 is 1. The summed E-state index contributed by atoms with van der Waals surface area (Å²) in [7, 11) is 1.31. The van der Waals surface area contributed by atoms with Gasteiger partial charge in [-0.1, -0.05) is 26.0 Å². The fraction of sp³-hybridized carbons (Fsp3) is 0.829. The lowest BCUT2D eigenvalue weighted by Crippen LogP contribution is -2.62. The van der Waals surface area contributed by atoms with Gasteiger partial charge in [-0.3, -0.25) is 24.0 Å². The molecule has 4 fully saturated rings. The van der Waals surface area contributed by atoms with Gasteiger partial charge in [0.15, 0.2) is 5.79 Å². The lowest BCUT2D eigenvalue weighted by atomic mass is 9.70. The summed E-state index contributed by atoms with van der Waals surface area (Å²) in [6.07, 6.45) is -3.43. The Kier molecular flexibility index (Phi) is 12.9. The molecule has 15 heteroatoms. The first kappa shape index (κ1) is 44.2. The number of hydrogen-bond donors (Lipinski definition) is 3.